The van der Waals surface area contributed by atoms with Crippen LogP contribution in [0.1, 0.15) is 54.0 Å². The zero-order chi connectivity index (χ0) is 16.9. The van der Waals surface area contributed by atoms with E-state index in [9.17, 15) is 4.79 Å². The summed E-state index contributed by atoms with van der Waals surface area (Å²) in [5.41, 5.74) is 1.28. The van der Waals surface area contributed by atoms with Gasteiger partial charge in [-0.25, -0.2) is 15.0 Å². The van der Waals surface area contributed by atoms with Crippen molar-refractivity contribution in [3.8, 4) is 0 Å². The second kappa shape index (κ2) is 7.51. The number of aromatic nitrogens is 3. The molecule has 0 aromatic carbocycles. The van der Waals surface area contributed by atoms with Gasteiger partial charge in [0.2, 0.25) is 0 Å². The quantitative estimate of drug-likeness (QED) is 0.860. The number of pyridine rings is 1. The molecule has 0 aliphatic heterocycles. The number of amides is 1. The number of aryl methyl sites for hydroxylation is 2. The molecule has 1 aliphatic rings. The van der Waals surface area contributed by atoms with Crippen LogP contribution in [-0.2, 0) is 0 Å². The zero-order valence-electron chi connectivity index (χ0n) is 14.4. The Kier molecular flexibility index (Phi) is 5.18. The molecule has 0 saturated heterocycles. The summed E-state index contributed by atoms with van der Waals surface area (Å²) in [4.78, 5) is 27.9. The first-order valence-electron chi connectivity index (χ1n) is 8.68. The highest BCUT2D eigenvalue weighted by Crippen LogP contribution is 2.27. The Labute approximate surface area is 143 Å². The zero-order valence-corrected chi connectivity index (χ0v) is 14.4. The van der Waals surface area contributed by atoms with Crippen LogP contribution in [0.15, 0.2) is 30.6 Å². The minimum absolute atomic E-state index is 0.0585. The van der Waals surface area contributed by atoms with Gasteiger partial charge in [0.15, 0.2) is 0 Å². The minimum atomic E-state index is -0.0585. The Morgan fingerprint density at radius 1 is 1.17 bits per heavy atom. The third kappa shape index (κ3) is 3.78. The predicted molar refractivity (Wildman–Crippen MR) is 94.0 cm³/mol. The Morgan fingerprint density at radius 3 is 2.62 bits per heavy atom. The molecule has 126 valence electrons. The highest BCUT2D eigenvalue weighted by atomic mass is 16.2. The van der Waals surface area contributed by atoms with Crippen molar-refractivity contribution in [3.63, 3.8) is 0 Å². The molecule has 24 heavy (non-hydrogen) atoms. The first-order chi connectivity index (χ1) is 11.6. The van der Waals surface area contributed by atoms with Crippen LogP contribution in [0.3, 0.4) is 0 Å². The average Bonchev–Trinajstić information content (AvgIpc) is 2.61. The van der Waals surface area contributed by atoms with Crippen molar-refractivity contribution >= 4 is 11.7 Å². The van der Waals surface area contributed by atoms with Gasteiger partial charge in [0.25, 0.3) is 5.91 Å². The maximum Gasteiger partial charge on any atom is 0.262 e. The molecule has 2 aromatic heterocycles. The standard InChI is InChI=1S/C19H24N4O/c1-14-17(12-21-15(2)22-14)19(24)23(18-10-6-7-11-20-18)13-16-8-4-3-5-9-16/h6-7,10-12,16H,3-5,8-9,13H2,1-2H3. The fraction of sp³-hybridized carbons (Fsp3) is 0.474. The summed E-state index contributed by atoms with van der Waals surface area (Å²) in [5.74, 6) is 1.86. The van der Waals surface area contributed by atoms with E-state index in [0.29, 0.717) is 29.7 Å². The van der Waals surface area contributed by atoms with E-state index in [-0.39, 0.29) is 5.91 Å². The number of hydrogen-bond donors (Lipinski definition) is 0. The van der Waals surface area contributed by atoms with Crippen molar-refractivity contribution in [1.82, 2.24) is 15.0 Å². The topological polar surface area (TPSA) is 59.0 Å². The molecule has 5 nitrogen and oxygen atoms in total. The summed E-state index contributed by atoms with van der Waals surface area (Å²) < 4.78 is 0. The van der Waals surface area contributed by atoms with Crippen LogP contribution in [0, 0.1) is 19.8 Å². The molecule has 1 amide bonds. The van der Waals surface area contributed by atoms with Gasteiger partial charge < -0.3 is 0 Å². The SMILES string of the molecule is Cc1ncc(C(=O)N(CC2CCCCC2)c2ccccn2)c(C)n1. The fourth-order valence-corrected chi connectivity index (χ4v) is 3.36. The Morgan fingerprint density at radius 2 is 1.96 bits per heavy atom. The summed E-state index contributed by atoms with van der Waals surface area (Å²) in [6.07, 6.45) is 9.54. The van der Waals surface area contributed by atoms with Crippen molar-refractivity contribution in [2.45, 2.75) is 46.0 Å². The van der Waals surface area contributed by atoms with E-state index in [0.717, 1.165) is 5.69 Å². The molecule has 1 fully saturated rings. The summed E-state index contributed by atoms with van der Waals surface area (Å²) >= 11 is 0. The predicted octanol–water partition coefficient (Wildman–Crippen LogP) is 3.72. The van der Waals surface area contributed by atoms with Gasteiger partial charge in [-0.3, -0.25) is 9.69 Å². The van der Waals surface area contributed by atoms with Gasteiger partial charge in [-0.15, -0.1) is 0 Å². The lowest BCUT2D eigenvalue weighted by Gasteiger charge is -2.29. The highest BCUT2D eigenvalue weighted by molar-refractivity contribution is 6.06. The van der Waals surface area contributed by atoms with Gasteiger partial charge in [-0.05, 0) is 44.7 Å². The van der Waals surface area contributed by atoms with Gasteiger partial charge >= 0.3 is 0 Å². The van der Waals surface area contributed by atoms with E-state index < -0.39 is 0 Å². The van der Waals surface area contributed by atoms with Crippen LogP contribution < -0.4 is 4.90 Å². The molecular formula is C19H24N4O. The third-order valence-electron chi connectivity index (χ3n) is 4.67. The lowest BCUT2D eigenvalue weighted by atomic mass is 9.89. The van der Waals surface area contributed by atoms with Gasteiger partial charge in [0, 0.05) is 18.9 Å². The summed E-state index contributed by atoms with van der Waals surface area (Å²) in [5, 5.41) is 0. The van der Waals surface area contributed by atoms with Crippen molar-refractivity contribution in [2.24, 2.45) is 5.92 Å². The number of carbonyl (C=O) groups is 1. The lowest BCUT2D eigenvalue weighted by molar-refractivity contribution is 0.0978. The van der Waals surface area contributed by atoms with E-state index >= 15 is 0 Å². The van der Waals surface area contributed by atoms with Gasteiger partial charge in [-0.1, -0.05) is 25.3 Å². The molecule has 2 aromatic rings. The van der Waals surface area contributed by atoms with E-state index in [1.54, 1.807) is 17.3 Å². The largest absolute Gasteiger partial charge is 0.292 e. The number of rotatable bonds is 4. The monoisotopic (exact) mass is 324 g/mol. The average molecular weight is 324 g/mol. The number of anilines is 1. The van der Waals surface area contributed by atoms with Crippen LogP contribution in [0.4, 0.5) is 5.82 Å². The third-order valence-corrected chi connectivity index (χ3v) is 4.67. The Hall–Kier alpha value is -2.30. The van der Waals surface area contributed by atoms with E-state index in [4.69, 9.17) is 0 Å². The summed E-state index contributed by atoms with van der Waals surface area (Å²) in [6.45, 7) is 4.40. The summed E-state index contributed by atoms with van der Waals surface area (Å²) in [7, 11) is 0. The summed E-state index contributed by atoms with van der Waals surface area (Å²) in [6, 6.07) is 5.68. The van der Waals surface area contributed by atoms with Gasteiger partial charge in [0.1, 0.15) is 11.6 Å². The first kappa shape index (κ1) is 16.6. The molecule has 2 heterocycles. The molecular weight excluding hydrogens is 300 g/mol. The van der Waals surface area contributed by atoms with E-state index in [1.807, 2.05) is 32.0 Å². The molecule has 0 bridgehead atoms. The molecule has 0 atom stereocenters. The molecule has 0 spiro atoms. The van der Waals surface area contributed by atoms with Gasteiger partial charge in [0.05, 0.1) is 11.3 Å². The molecule has 1 saturated carbocycles. The van der Waals surface area contributed by atoms with Crippen LogP contribution in [-0.4, -0.2) is 27.4 Å². The Bertz CT molecular complexity index is 696. The molecule has 0 radical (unpaired) electrons. The van der Waals surface area contributed by atoms with Crippen molar-refractivity contribution in [1.29, 1.82) is 0 Å². The van der Waals surface area contributed by atoms with Gasteiger partial charge in [-0.2, -0.15) is 0 Å². The van der Waals surface area contributed by atoms with Crippen molar-refractivity contribution < 1.29 is 4.79 Å². The molecule has 5 heteroatoms. The van der Waals surface area contributed by atoms with Crippen LogP contribution in [0.25, 0.3) is 0 Å². The fourth-order valence-electron chi connectivity index (χ4n) is 3.36. The molecule has 0 N–H and O–H groups in total. The van der Waals surface area contributed by atoms with E-state index in [2.05, 4.69) is 15.0 Å². The molecule has 1 aliphatic carbocycles. The molecule has 3 rings (SSSR count). The van der Waals surface area contributed by atoms with Crippen LogP contribution in [0.5, 0.6) is 0 Å². The smallest absolute Gasteiger partial charge is 0.262 e. The minimum Gasteiger partial charge on any atom is -0.292 e. The van der Waals surface area contributed by atoms with Crippen LogP contribution in [0.2, 0.25) is 0 Å². The lowest BCUT2D eigenvalue weighted by Crippen LogP contribution is -2.37. The normalized spacial score (nSPS) is 15.2. The van der Waals surface area contributed by atoms with Crippen LogP contribution >= 0.6 is 0 Å². The van der Waals surface area contributed by atoms with E-state index in [1.165, 1.54) is 32.1 Å². The van der Waals surface area contributed by atoms with Crippen molar-refractivity contribution in [2.75, 3.05) is 11.4 Å². The Balaban J connectivity index is 1.89. The first-order valence-corrected chi connectivity index (χ1v) is 8.68. The highest BCUT2D eigenvalue weighted by Gasteiger charge is 2.25. The number of nitrogens with zero attached hydrogens (tertiary/aromatic N) is 4. The molecule has 0 unspecified atom stereocenters. The number of hydrogen-bond acceptors (Lipinski definition) is 4. The number of carbonyl (C=O) groups excluding carboxylic acids is 1. The second-order valence-corrected chi connectivity index (χ2v) is 6.52. The van der Waals surface area contributed by atoms with Crippen molar-refractivity contribution in [3.05, 3.63) is 47.7 Å². The second-order valence-electron chi connectivity index (χ2n) is 6.52. The maximum atomic E-state index is 13.2. The maximum absolute atomic E-state index is 13.2.